The number of pyridine rings is 1. The number of carboxylic acids is 1. The van der Waals surface area contributed by atoms with Gasteiger partial charge in [0.2, 0.25) is 5.91 Å². The van der Waals surface area contributed by atoms with E-state index in [0.29, 0.717) is 12.8 Å². The molecule has 5 heteroatoms. The second-order valence-corrected chi connectivity index (χ2v) is 5.50. The second kappa shape index (κ2) is 7.02. The van der Waals surface area contributed by atoms with Gasteiger partial charge in [-0.25, -0.2) is 0 Å². The van der Waals surface area contributed by atoms with Gasteiger partial charge in [0.05, 0.1) is 11.4 Å². The normalized spacial score (nSPS) is 12.1. The topological polar surface area (TPSA) is 70.5 Å². The summed E-state index contributed by atoms with van der Waals surface area (Å²) >= 11 is 0. The molecule has 0 aliphatic heterocycles. The molecule has 22 heavy (non-hydrogen) atoms. The molecule has 0 saturated heterocycles. The Kier molecular flexibility index (Phi) is 5.09. The van der Waals surface area contributed by atoms with Crippen molar-refractivity contribution in [3.63, 3.8) is 0 Å². The zero-order valence-electron chi connectivity index (χ0n) is 12.8. The number of nitrogens with zero attached hydrogens (tertiary/aromatic N) is 2. The standard InChI is InChI=1S/C17H20N2O3/c1-12(17(21)22)11-19(2)16(20)8-7-13-9-10-18-15-6-4-3-5-14(13)15/h3-6,9-10,12H,7-8,11H2,1-2H3,(H,21,22). The number of para-hydroxylation sites is 1. The molecular formula is C17H20N2O3. The molecule has 2 rings (SSSR count). The third-order valence-corrected chi connectivity index (χ3v) is 3.74. The number of hydrogen-bond acceptors (Lipinski definition) is 3. The van der Waals surface area contributed by atoms with Gasteiger partial charge in [0, 0.05) is 31.6 Å². The highest BCUT2D eigenvalue weighted by atomic mass is 16.4. The van der Waals surface area contributed by atoms with Crippen molar-refractivity contribution in [1.29, 1.82) is 0 Å². The van der Waals surface area contributed by atoms with E-state index >= 15 is 0 Å². The maximum atomic E-state index is 12.1. The van der Waals surface area contributed by atoms with E-state index in [-0.39, 0.29) is 12.5 Å². The third kappa shape index (κ3) is 3.81. The molecule has 0 aliphatic carbocycles. The molecule has 1 amide bonds. The fourth-order valence-electron chi connectivity index (χ4n) is 2.40. The van der Waals surface area contributed by atoms with Gasteiger partial charge in [-0.1, -0.05) is 25.1 Å². The Bertz CT molecular complexity index is 679. The first-order valence-electron chi connectivity index (χ1n) is 7.28. The molecule has 0 radical (unpaired) electrons. The average Bonchev–Trinajstić information content (AvgIpc) is 2.52. The summed E-state index contributed by atoms with van der Waals surface area (Å²) in [6.45, 7) is 1.83. The van der Waals surface area contributed by atoms with Crippen molar-refractivity contribution < 1.29 is 14.7 Å². The Morgan fingerprint density at radius 3 is 2.73 bits per heavy atom. The van der Waals surface area contributed by atoms with Crippen LogP contribution in [0, 0.1) is 5.92 Å². The molecule has 1 N–H and O–H groups in total. The lowest BCUT2D eigenvalue weighted by atomic mass is 10.0. The van der Waals surface area contributed by atoms with Gasteiger partial charge in [0.15, 0.2) is 0 Å². The first-order chi connectivity index (χ1) is 10.5. The number of fused-ring (bicyclic) bond motifs is 1. The molecule has 1 heterocycles. The Morgan fingerprint density at radius 1 is 1.27 bits per heavy atom. The summed E-state index contributed by atoms with van der Waals surface area (Å²) in [7, 11) is 1.65. The van der Waals surface area contributed by atoms with Gasteiger partial charge in [-0.2, -0.15) is 0 Å². The van der Waals surface area contributed by atoms with Crippen molar-refractivity contribution in [2.24, 2.45) is 5.92 Å². The summed E-state index contributed by atoms with van der Waals surface area (Å²) in [5, 5.41) is 9.95. The maximum Gasteiger partial charge on any atom is 0.308 e. The fraction of sp³-hybridized carbons (Fsp3) is 0.353. The zero-order valence-corrected chi connectivity index (χ0v) is 12.8. The summed E-state index contributed by atoms with van der Waals surface area (Å²) in [5.41, 5.74) is 2.00. The molecule has 1 aromatic carbocycles. The van der Waals surface area contributed by atoms with Crippen LogP contribution in [0.1, 0.15) is 18.9 Å². The minimum Gasteiger partial charge on any atom is -0.481 e. The minimum atomic E-state index is -0.889. The average molecular weight is 300 g/mol. The van der Waals surface area contributed by atoms with E-state index in [4.69, 9.17) is 5.11 Å². The minimum absolute atomic E-state index is 0.0472. The number of carbonyl (C=O) groups is 2. The number of aromatic nitrogens is 1. The highest BCUT2D eigenvalue weighted by Crippen LogP contribution is 2.18. The third-order valence-electron chi connectivity index (χ3n) is 3.74. The van der Waals surface area contributed by atoms with Crippen LogP contribution in [0.4, 0.5) is 0 Å². The summed E-state index contributed by atoms with van der Waals surface area (Å²) in [5.74, 6) is -1.50. The number of benzene rings is 1. The van der Waals surface area contributed by atoms with Gasteiger partial charge in [0.1, 0.15) is 0 Å². The second-order valence-electron chi connectivity index (χ2n) is 5.50. The van der Waals surface area contributed by atoms with Crippen molar-refractivity contribution in [3.05, 3.63) is 42.1 Å². The van der Waals surface area contributed by atoms with E-state index in [9.17, 15) is 9.59 Å². The van der Waals surface area contributed by atoms with Crippen molar-refractivity contribution in [2.75, 3.05) is 13.6 Å². The van der Waals surface area contributed by atoms with Crippen LogP contribution in [0.25, 0.3) is 10.9 Å². The van der Waals surface area contributed by atoms with E-state index in [0.717, 1.165) is 16.5 Å². The Balaban J connectivity index is 1.99. The molecule has 0 bridgehead atoms. The molecule has 1 aromatic heterocycles. The van der Waals surface area contributed by atoms with Crippen molar-refractivity contribution >= 4 is 22.8 Å². The molecule has 0 aliphatic rings. The first kappa shape index (κ1) is 15.9. The van der Waals surface area contributed by atoms with Gasteiger partial charge < -0.3 is 10.0 Å². The predicted molar refractivity (Wildman–Crippen MR) is 84.5 cm³/mol. The molecule has 116 valence electrons. The van der Waals surface area contributed by atoms with E-state index in [1.807, 2.05) is 30.3 Å². The quantitative estimate of drug-likeness (QED) is 0.889. The lowest BCUT2D eigenvalue weighted by molar-refractivity contribution is -0.142. The molecule has 1 unspecified atom stereocenters. The zero-order chi connectivity index (χ0) is 16.1. The maximum absolute atomic E-state index is 12.1. The monoisotopic (exact) mass is 300 g/mol. The molecule has 0 saturated carbocycles. The highest BCUT2D eigenvalue weighted by molar-refractivity contribution is 5.83. The van der Waals surface area contributed by atoms with Crippen LogP contribution in [0.5, 0.6) is 0 Å². The number of carboxylic acid groups (broad SMARTS) is 1. The fourth-order valence-corrected chi connectivity index (χ4v) is 2.40. The molecular weight excluding hydrogens is 280 g/mol. The highest BCUT2D eigenvalue weighted by Gasteiger charge is 2.17. The van der Waals surface area contributed by atoms with Gasteiger partial charge >= 0.3 is 5.97 Å². The SMILES string of the molecule is CC(CN(C)C(=O)CCc1ccnc2ccccc12)C(=O)O. The van der Waals surface area contributed by atoms with Crippen LogP contribution >= 0.6 is 0 Å². The van der Waals surface area contributed by atoms with E-state index in [1.165, 1.54) is 4.90 Å². The van der Waals surface area contributed by atoms with E-state index in [2.05, 4.69) is 4.98 Å². The van der Waals surface area contributed by atoms with Gasteiger partial charge in [-0.3, -0.25) is 14.6 Å². The molecule has 5 nitrogen and oxygen atoms in total. The number of rotatable bonds is 6. The Labute approximate surface area is 129 Å². The van der Waals surface area contributed by atoms with Gasteiger partial charge in [-0.05, 0) is 24.1 Å². The van der Waals surface area contributed by atoms with Crippen LogP contribution < -0.4 is 0 Å². The van der Waals surface area contributed by atoms with Crippen LogP contribution in [0.3, 0.4) is 0 Å². The van der Waals surface area contributed by atoms with Crippen molar-refractivity contribution in [2.45, 2.75) is 19.8 Å². The number of amides is 1. The smallest absolute Gasteiger partial charge is 0.308 e. The molecule has 0 spiro atoms. The van der Waals surface area contributed by atoms with Crippen molar-refractivity contribution in [3.8, 4) is 0 Å². The number of aryl methyl sites for hydroxylation is 1. The van der Waals surface area contributed by atoms with Gasteiger partial charge in [-0.15, -0.1) is 0 Å². The predicted octanol–water partition coefficient (Wildman–Crippen LogP) is 2.35. The first-order valence-corrected chi connectivity index (χ1v) is 7.28. The van der Waals surface area contributed by atoms with Crippen LogP contribution in [-0.4, -0.2) is 40.5 Å². The van der Waals surface area contributed by atoms with Crippen LogP contribution in [-0.2, 0) is 16.0 Å². The largest absolute Gasteiger partial charge is 0.481 e. The summed E-state index contributed by atoms with van der Waals surface area (Å²) < 4.78 is 0. The van der Waals surface area contributed by atoms with E-state index in [1.54, 1.807) is 20.2 Å². The summed E-state index contributed by atoms with van der Waals surface area (Å²) in [6.07, 6.45) is 2.73. The van der Waals surface area contributed by atoms with Crippen LogP contribution in [0.15, 0.2) is 36.5 Å². The van der Waals surface area contributed by atoms with Crippen molar-refractivity contribution in [1.82, 2.24) is 9.88 Å². The number of hydrogen-bond donors (Lipinski definition) is 1. The number of aliphatic carboxylic acids is 1. The van der Waals surface area contributed by atoms with Crippen LogP contribution in [0.2, 0.25) is 0 Å². The summed E-state index contributed by atoms with van der Waals surface area (Å²) in [6, 6.07) is 9.76. The molecule has 0 fully saturated rings. The lowest BCUT2D eigenvalue weighted by Gasteiger charge is -2.19. The lowest BCUT2D eigenvalue weighted by Crippen LogP contribution is -2.33. The molecule has 2 aromatic rings. The Hall–Kier alpha value is -2.43. The number of carbonyl (C=O) groups excluding carboxylic acids is 1. The summed E-state index contributed by atoms with van der Waals surface area (Å²) in [4.78, 5) is 28.8. The van der Waals surface area contributed by atoms with E-state index < -0.39 is 11.9 Å². The Morgan fingerprint density at radius 2 is 2.00 bits per heavy atom. The van der Waals surface area contributed by atoms with Gasteiger partial charge in [0.25, 0.3) is 0 Å². The molecule has 1 atom stereocenters.